The normalized spacial score (nSPS) is 39.5. The summed E-state index contributed by atoms with van der Waals surface area (Å²) in [5.74, 6) is 3.18. The van der Waals surface area contributed by atoms with E-state index in [1.54, 1.807) is 0 Å². The second kappa shape index (κ2) is 5.08. The highest BCUT2D eigenvalue weighted by atomic mass is 16.1. The Hall–Kier alpha value is -1.37. The van der Waals surface area contributed by atoms with Crippen LogP contribution in [0.3, 0.4) is 0 Å². The molecule has 5 rings (SSSR count). The van der Waals surface area contributed by atoms with Crippen molar-refractivity contribution in [3.05, 3.63) is 47.5 Å². The van der Waals surface area contributed by atoms with Crippen molar-refractivity contribution in [2.24, 2.45) is 23.2 Å². The molecule has 1 aromatic rings. The first kappa shape index (κ1) is 14.2. The highest BCUT2D eigenvalue weighted by Crippen LogP contribution is 2.66. The Balaban J connectivity index is 1.80. The number of hydrogen-bond donors (Lipinski definition) is 0. The van der Waals surface area contributed by atoms with Crippen molar-refractivity contribution in [3.63, 3.8) is 0 Å². The molecule has 3 unspecified atom stereocenters. The molecule has 3 atom stereocenters. The van der Waals surface area contributed by atoms with Crippen molar-refractivity contribution < 1.29 is 4.79 Å². The molecule has 4 bridgehead atoms. The minimum atomic E-state index is -0.101. The maximum absolute atomic E-state index is 13.1. The molecule has 4 fully saturated rings. The van der Waals surface area contributed by atoms with Crippen LogP contribution in [0.1, 0.15) is 56.1 Å². The lowest BCUT2D eigenvalue weighted by Crippen LogP contribution is -2.54. The number of carbonyl (C=O) groups is 1. The number of hydrogen-bond acceptors (Lipinski definition) is 1. The van der Waals surface area contributed by atoms with Crippen molar-refractivity contribution >= 4 is 5.78 Å². The molecule has 116 valence electrons. The average molecular weight is 294 g/mol. The van der Waals surface area contributed by atoms with Gasteiger partial charge in [0.25, 0.3) is 0 Å². The third-order valence-electron chi connectivity index (χ3n) is 6.56. The van der Waals surface area contributed by atoms with E-state index in [1.165, 1.54) is 30.4 Å². The van der Waals surface area contributed by atoms with Crippen LogP contribution in [0.5, 0.6) is 0 Å². The van der Waals surface area contributed by atoms with E-state index in [4.69, 9.17) is 0 Å². The molecular weight excluding hydrogens is 268 g/mol. The summed E-state index contributed by atoms with van der Waals surface area (Å²) in [5.41, 5.74) is 2.62. The SMILES string of the molecule is C/C=C/C(=O)C12CC3CC(CC(C3)C1c1ccc(C)cc1)C2. The smallest absolute Gasteiger partial charge is 0.162 e. The molecule has 0 saturated heterocycles. The predicted octanol–water partition coefficient (Wildman–Crippen LogP) is 5.05. The minimum Gasteiger partial charge on any atom is -0.294 e. The number of rotatable bonds is 3. The summed E-state index contributed by atoms with van der Waals surface area (Å²) in [6, 6.07) is 9.00. The fourth-order valence-corrected chi connectivity index (χ4v) is 6.08. The highest BCUT2D eigenvalue weighted by molar-refractivity contribution is 5.96. The topological polar surface area (TPSA) is 17.1 Å². The molecule has 0 spiro atoms. The maximum Gasteiger partial charge on any atom is 0.162 e. The first-order valence-electron chi connectivity index (χ1n) is 8.86. The van der Waals surface area contributed by atoms with E-state index in [1.807, 2.05) is 19.1 Å². The molecular formula is C21H26O. The molecule has 0 heterocycles. The van der Waals surface area contributed by atoms with Crippen molar-refractivity contribution in [2.45, 2.75) is 51.9 Å². The van der Waals surface area contributed by atoms with E-state index in [9.17, 15) is 4.79 Å². The fraction of sp³-hybridized carbons (Fsp3) is 0.571. The van der Waals surface area contributed by atoms with Crippen LogP contribution in [0.15, 0.2) is 36.4 Å². The van der Waals surface area contributed by atoms with E-state index in [2.05, 4.69) is 31.2 Å². The van der Waals surface area contributed by atoms with Crippen LogP contribution in [0.2, 0.25) is 0 Å². The van der Waals surface area contributed by atoms with Crippen LogP contribution in [0, 0.1) is 30.1 Å². The van der Waals surface area contributed by atoms with Crippen molar-refractivity contribution in [1.82, 2.24) is 0 Å². The van der Waals surface area contributed by atoms with E-state index < -0.39 is 0 Å². The zero-order chi connectivity index (χ0) is 15.3. The number of benzene rings is 1. The van der Waals surface area contributed by atoms with Crippen LogP contribution in [-0.2, 0) is 4.79 Å². The molecule has 1 heteroatoms. The quantitative estimate of drug-likeness (QED) is 0.713. The highest BCUT2D eigenvalue weighted by Gasteiger charge is 2.59. The first-order valence-corrected chi connectivity index (χ1v) is 8.86. The number of carbonyl (C=O) groups excluding carboxylic acids is 1. The summed E-state index contributed by atoms with van der Waals surface area (Å²) in [5, 5.41) is 0. The maximum atomic E-state index is 13.1. The van der Waals surface area contributed by atoms with E-state index in [-0.39, 0.29) is 5.41 Å². The van der Waals surface area contributed by atoms with Gasteiger partial charge in [-0.1, -0.05) is 35.9 Å². The molecule has 0 N–H and O–H groups in total. The fourth-order valence-electron chi connectivity index (χ4n) is 6.08. The zero-order valence-electron chi connectivity index (χ0n) is 13.7. The second-order valence-corrected chi connectivity index (χ2v) is 8.02. The van der Waals surface area contributed by atoms with Crippen LogP contribution < -0.4 is 0 Å². The summed E-state index contributed by atoms with van der Waals surface area (Å²) in [6.45, 7) is 4.11. The van der Waals surface area contributed by atoms with E-state index in [0.29, 0.717) is 11.7 Å². The lowest BCUT2D eigenvalue weighted by Gasteiger charge is -2.60. The summed E-state index contributed by atoms with van der Waals surface area (Å²) in [4.78, 5) is 13.1. The van der Waals surface area contributed by atoms with Gasteiger partial charge in [0, 0.05) is 5.41 Å². The standard InChI is InChI=1S/C21H26O/c1-3-4-19(22)21-12-15-9-16(13-21)11-18(10-15)20(21)17-7-5-14(2)6-8-17/h3-8,15-16,18,20H,9-13H2,1-2H3/b4-3+. The van der Waals surface area contributed by atoms with Gasteiger partial charge in [0.1, 0.15) is 0 Å². The lowest BCUT2D eigenvalue weighted by molar-refractivity contribution is -0.143. The zero-order valence-corrected chi connectivity index (χ0v) is 13.7. The molecule has 22 heavy (non-hydrogen) atoms. The summed E-state index contributed by atoms with van der Waals surface area (Å²) in [6.07, 6.45) is 10.1. The van der Waals surface area contributed by atoms with Gasteiger partial charge in [-0.3, -0.25) is 4.79 Å². The Bertz CT molecular complexity index is 595. The van der Waals surface area contributed by atoms with Gasteiger partial charge in [-0.2, -0.15) is 0 Å². The van der Waals surface area contributed by atoms with Crippen molar-refractivity contribution in [3.8, 4) is 0 Å². The monoisotopic (exact) mass is 294 g/mol. The molecule has 0 aromatic heterocycles. The molecule has 4 aliphatic carbocycles. The number of ketones is 1. The van der Waals surface area contributed by atoms with E-state index >= 15 is 0 Å². The van der Waals surface area contributed by atoms with Crippen LogP contribution >= 0.6 is 0 Å². The first-order chi connectivity index (χ1) is 10.6. The Morgan fingerprint density at radius 3 is 2.32 bits per heavy atom. The lowest BCUT2D eigenvalue weighted by atomic mass is 9.43. The molecule has 4 saturated carbocycles. The largest absolute Gasteiger partial charge is 0.294 e. The van der Waals surface area contributed by atoms with Gasteiger partial charge in [-0.25, -0.2) is 0 Å². The summed E-state index contributed by atoms with van der Waals surface area (Å²) >= 11 is 0. The van der Waals surface area contributed by atoms with Gasteiger partial charge in [-0.15, -0.1) is 0 Å². The van der Waals surface area contributed by atoms with Gasteiger partial charge in [0.2, 0.25) is 0 Å². The summed E-state index contributed by atoms with van der Waals surface area (Å²) in [7, 11) is 0. The Morgan fingerprint density at radius 2 is 1.73 bits per heavy atom. The number of allylic oxidation sites excluding steroid dienone is 2. The van der Waals surface area contributed by atoms with Crippen LogP contribution in [0.4, 0.5) is 0 Å². The van der Waals surface area contributed by atoms with Crippen molar-refractivity contribution in [2.75, 3.05) is 0 Å². The molecule has 0 radical (unpaired) electrons. The van der Waals surface area contributed by atoms with Gasteiger partial charge in [0.05, 0.1) is 0 Å². The Morgan fingerprint density at radius 1 is 1.09 bits per heavy atom. The molecule has 4 aliphatic rings. The predicted molar refractivity (Wildman–Crippen MR) is 89.7 cm³/mol. The van der Waals surface area contributed by atoms with Gasteiger partial charge in [-0.05, 0) is 81.3 Å². The molecule has 1 aromatic carbocycles. The summed E-state index contributed by atoms with van der Waals surface area (Å²) < 4.78 is 0. The average Bonchev–Trinajstić information content (AvgIpc) is 2.48. The molecule has 0 aliphatic heterocycles. The van der Waals surface area contributed by atoms with Crippen LogP contribution in [0.25, 0.3) is 0 Å². The third-order valence-corrected chi connectivity index (χ3v) is 6.56. The minimum absolute atomic E-state index is 0.101. The van der Waals surface area contributed by atoms with Crippen LogP contribution in [-0.4, -0.2) is 5.78 Å². The van der Waals surface area contributed by atoms with Gasteiger partial charge >= 0.3 is 0 Å². The third kappa shape index (κ3) is 2.01. The molecule has 1 nitrogen and oxygen atoms in total. The second-order valence-electron chi connectivity index (χ2n) is 8.02. The van der Waals surface area contributed by atoms with Gasteiger partial charge in [0.15, 0.2) is 5.78 Å². The van der Waals surface area contributed by atoms with E-state index in [0.717, 1.165) is 30.6 Å². The Kier molecular flexibility index (Phi) is 3.29. The van der Waals surface area contributed by atoms with Crippen molar-refractivity contribution in [1.29, 1.82) is 0 Å². The molecule has 0 amide bonds. The Labute approximate surface area is 133 Å². The number of aryl methyl sites for hydroxylation is 1. The van der Waals surface area contributed by atoms with Gasteiger partial charge < -0.3 is 0 Å².